The Kier molecular flexibility index (Phi) is 8.25. The van der Waals surface area contributed by atoms with Gasteiger partial charge in [0.2, 0.25) is 0 Å². The highest BCUT2D eigenvalue weighted by molar-refractivity contribution is 6.30. The molecule has 6 heterocycles. The largest absolute Gasteiger partial charge is 0.354 e. The molecule has 0 atom stereocenters. The van der Waals surface area contributed by atoms with Crippen molar-refractivity contribution < 1.29 is 0 Å². The van der Waals surface area contributed by atoms with Crippen molar-refractivity contribution in [1.29, 1.82) is 0 Å². The first-order chi connectivity index (χ1) is 29.4. The van der Waals surface area contributed by atoms with E-state index in [2.05, 4.69) is 195 Å². The number of H-pyrrole nitrogens is 1. The van der Waals surface area contributed by atoms with Gasteiger partial charge in [-0.15, -0.1) is 0 Å². The van der Waals surface area contributed by atoms with Crippen molar-refractivity contribution in [1.82, 2.24) is 9.38 Å². The van der Waals surface area contributed by atoms with E-state index in [-0.39, 0.29) is 0 Å². The molecule has 60 heavy (non-hydrogen) atoms. The summed E-state index contributed by atoms with van der Waals surface area (Å²) in [5.74, 6) is 7.31. The van der Waals surface area contributed by atoms with E-state index in [1.165, 1.54) is 22.3 Å². The Labute approximate surface area is 349 Å². The number of aromatic nitrogens is 2. The highest BCUT2D eigenvalue weighted by atomic mass is 15.0. The van der Waals surface area contributed by atoms with E-state index in [0.29, 0.717) is 0 Å². The van der Waals surface area contributed by atoms with E-state index in [4.69, 9.17) is 9.98 Å². The molecule has 0 fully saturated rings. The van der Waals surface area contributed by atoms with Crippen molar-refractivity contribution in [2.24, 2.45) is 9.98 Å². The SMILES string of the molecule is Cc1ccc(C2=C3C=CC(=N3)C(c3ccc(C)cc3)=c3ccc([nH]3)=C(c3ccc(C)cc3)C3=C(C#Cc4ccccc4)c4c(-c5ccc(C)cc5)c5ccc2n5c4=N3)cc1. The monoisotopic (exact) mass is 768 g/mol. The quantitative estimate of drug-likeness (QED) is 0.173. The van der Waals surface area contributed by atoms with Crippen molar-refractivity contribution in [3.8, 4) is 23.0 Å². The van der Waals surface area contributed by atoms with Crippen molar-refractivity contribution in [3.63, 3.8) is 0 Å². The fourth-order valence-electron chi connectivity index (χ4n) is 8.78. The molecule has 6 bridgehead atoms. The van der Waals surface area contributed by atoms with Crippen LogP contribution in [-0.4, -0.2) is 15.1 Å². The number of nitrogens with zero attached hydrogens (tertiary/aromatic N) is 3. The fraction of sp³-hybridized carbons (Fsp3) is 0.0714. The molecule has 0 saturated heterocycles. The first-order valence-corrected chi connectivity index (χ1v) is 20.5. The minimum absolute atomic E-state index is 0.840. The molecule has 0 unspecified atom stereocenters. The first-order valence-electron chi connectivity index (χ1n) is 20.5. The zero-order valence-corrected chi connectivity index (χ0v) is 33.9. The van der Waals surface area contributed by atoms with Crippen LogP contribution in [0.25, 0.3) is 38.9 Å². The van der Waals surface area contributed by atoms with Crippen LogP contribution in [0.2, 0.25) is 0 Å². The van der Waals surface area contributed by atoms with E-state index >= 15 is 0 Å². The van der Waals surface area contributed by atoms with Gasteiger partial charge in [0, 0.05) is 44.1 Å². The molecule has 8 aromatic rings. The predicted molar refractivity (Wildman–Crippen MR) is 246 cm³/mol. The first kappa shape index (κ1) is 35.4. The molecule has 5 aromatic carbocycles. The van der Waals surface area contributed by atoms with E-state index in [1.807, 2.05) is 18.2 Å². The molecule has 0 amide bonds. The third-order valence-electron chi connectivity index (χ3n) is 11.9. The highest BCUT2D eigenvalue weighted by Gasteiger charge is 2.32. The molecule has 4 nitrogen and oxygen atoms in total. The molecule has 1 N–H and O–H groups in total. The molecule has 0 radical (unpaired) electrons. The van der Waals surface area contributed by atoms with Crippen LogP contribution in [0, 0.1) is 39.5 Å². The lowest BCUT2D eigenvalue weighted by Gasteiger charge is -2.12. The third-order valence-corrected chi connectivity index (χ3v) is 11.9. The predicted octanol–water partition coefficient (Wildman–Crippen LogP) is 10.2. The van der Waals surface area contributed by atoms with Crippen LogP contribution in [0.15, 0.2) is 185 Å². The van der Waals surface area contributed by atoms with Gasteiger partial charge in [0.1, 0.15) is 5.49 Å². The van der Waals surface area contributed by atoms with Crippen LogP contribution in [0.5, 0.6) is 0 Å². The summed E-state index contributed by atoms with van der Waals surface area (Å²) < 4.78 is 2.36. The van der Waals surface area contributed by atoms with Gasteiger partial charge in [-0.25, -0.2) is 9.98 Å². The lowest BCUT2D eigenvalue weighted by atomic mass is 9.93. The van der Waals surface area contributed by atoms with Gasteiger partial charge < -0.3 is 4.98 Å². The number of hydrogen-bond donors (Lipinski definition) is 1. The molecular weight excluding hydrogens is 729 g/mol. The number of benzene rings is 5. The maximum absolute atomic E-state index is 5.77. The number of nitrogens with one attached hydrogen (secondary N) is 1. The summed E-state index contributed by atoms with van der Waals surface area (Å²) in [4.78, 5) is 15.2. The molecule has 284 valence electrons. The standard InChI is InChI=1S/C56H40N4/c1-34-10-19-39(20-11-34)50-44-28-30-46(57-44)51(40-21-12-35(2)13-22-40)48-32-33-49-53(42-25-16-37(4)17-26-42)54-43(27-18-38-8-6-5-7-9-38)55(59-56(54)60(48)49)52(47-31-29-45(50)58-47)41-23-14-36(3)15-24-41/h5-17,19-26,28-33,58H,1-4H3. The average Bonchev–Trinajstić information content (AvgIpc) is 4.11. The summed E-state index contributed by atoms with van der Waals surface area (Å²) in [5, 5.41) is 1.93. The van der Waals surface area contributed by atoms with Gasteiger partial charge in [-0.3, -0.25) is 4.40 Å². The van der Waals surface area contributed by atoms with Gasteiger partial charge in [0.05, 0.1) is 33.9 Å². The molecule has 3 aliphatic heterocycles. The fourth-order valence-corrected chi connectivity index (χ4v) is 8.78. The lowest BCUT2D eigenvalue weighted by Crippen LogP contribution is -2.20. The summed E-state index contributed by atoms with van der Waals surface area (Å²) in [7, 11) is 0. The van der Waals surface area contributed by atoms with Crippen LogP contribution in [0.3, 0.4) is 0 Å². The second kappa shape index (κ2) is 14.0. The van der Waals surface area contributed by atoms with Crippen molar-refractivity contribution >= 4 is 33.5 Å². The third kappa shape index (κ3) is 5.86. The maximum Gasteiger partial charge on any atom is 0.147 e. The molecule has 3 aromatic heterocycles. The number of hydrogen-bond acceptors (Lipinski definition) is 2. The minimum Gasteiger partial charge on any atom is -0.354 e. The second-order valence-electron chi connectivity index (χ2n) is 16.1. The summed E-state index contributed by atoms with van der Waals surface area (Å²) in [6, 6.07) is 54.3. The Morgan fingerprint density at radius 3 is 1.63 bits per heavy atom. The highest BCUT2D eigenvalue weighted by Crippen LogP contribution is 2.42. The normalized spacial score (nSPS) is 14.2. The van der Waals surface area contributed by atoms with E-state index in [1.54, 1.807) is 0 Å². The van der Waals surface area contributed by atoms with Crippen molar-refractivity contribution in [2.75, 3.05) is 0 Å². The lowest BCUT2D eigenvalue weighted by molar-refractivity contribution is 1.06. The Bertz CT molecular complexity index is 3440. The van der Waals surface area contributed by atoms with Gasteiger partial charge in [-0.1, -0.05) is 149 Å². The Morgan fingerprint density at radius 2 is 1.02 bits per heavy atom. The molecular formula is C56H40N4. The molecule has 0 saturated carbocycles. The van der Waals surface area contributed by atoms with Crippen LogP contribution >= 0.6 is 0 Å². The molecule has 0 spiro atoms. The minimum atomic E-state index is 0.840. The Balaban J connectivity index is 1.35. The average molecular weight is 769 g/mol. The van der Waals surface area contributed by atoms with Crippen molar-refractivity contribution in [2.45, 2.75) is 27.7 Å². The number of allylic oxidation sites excluding steroid dienone is 4. The molecule has 3 aliphatic rings. The number of aryl methyl sites for hydroxylation is 4. The number of rotatable bonds is 4. The summed E-state index contributed by atoms with van der Waals surface area (Å²) in [6.07, 6.45) is 4.34. The van der Waals surface area contributed by atoms with E-state index in [0.717, 1.165) is 106 Å². The van der Waals surface area contributed by atoms with Gasteiger partial charge in [0.15, 0.2) is 0 Å². The van der Waals surface area contributed by atoms with Crippen LogP contribution in [0.4, 0.5) is 0 Å². The van der Waals surface area contributed by atoms with Crippen molar-refractivity contribution in [3.05, 3.63) is 247 Å². The Morgan fingerprint density at radius 1 is 0.467 bits per heavy atom. The molecule has 4 heteroatoms. The van der Waals surface area contributed by atoms with Crippen LogP contribution < -0.4 is 16.2 Å². The van der Waals surface area contributed by atoms with Crippen LogP contribution in [0.1, 0.15) is 55.8 Å². The molecule has 0 aliphatic carbocycles. The van der Waals surface area contributed by atoms with Gasteiger partial charge >= 0.3 is 0 Å². The molecule has 11 rings (SSSR count). The Hall–Kier alpha value is -7.74. The van der Waals surface area contributed by atoms with E-state index < -0.39 is 0 Å². The zero-order valence-electron chi connectivity index (χ0n) is 33.9. The van der Waals surface area contributed by atoms with Gasteiger partial charge in [0.25, 0.3) is 0 Å². The summed E-state index contributed by atoms with van der Waals surface area (Å²) >= 11 is 0. The maximum atomic E-state index is 5.77. The summed E-state index contributed by atoms with van der Waals surface area (Å²) in [6.45, 7) is 8.53. The van der Waals surface area contributed by atoms with Crippen LogP contribution in [-0.2, 0) is 0 Å². The number of aromatic amines is 1. The number of aliphatic imine (C=N–C) groups is 1. The van der Waals surface area contributed by atoms with E-state index in [9.17, 15) is 0 Å². The van der Waals surface area contributed by atoms with Gasteiger partial charge in [-0.2, -0.15) is 0 Å². The number of fused-ring (bicyclic) bond motifs is 4. The second-order valence-corrected chi connectivity index (χ2v) is 16.1. The van der Waals surface area contributed by atoms with Gasteiger partial charge in [-0.05, 0) is 98.5 Å². The smallest absolute Gasteiger partial charge is 0.147 e. The zero-order chi connectivity index (χ0) is 40.5. The topological polar surface area (TPSA) is 44.9 Å². The summed E-state index contributed by atoms with van der Waals surface area (Å²) in [5.41, 5.74) is 21.9.